The van der Waals surface area contributed by atoms with Crippen LogP contribution in [0.2, 0.25) is 0 Å². The monoisotopic (exact) mass is 410 g/mol. The molecule has 1 aliphatic heterocycles. The van der Waals surface area contributed by atoms with E-state index in [1.165, 1.54) is 0 Å². The van der Waals surface area contributed by atoms with Gasteiger partial charge in [0.2, 0.25) is 0 Å². The summed E-state index contributed by atoms with van der Waals surface area (Å²) < 4.78 is 65.0. The van der Waals surface area contributed by atoms with Crippen LogP contribution >= 0.6 is 0 Å². The molecule has 3 atom stereocenters. The van der Waals surface area contributed by atoms with Crippen molar-refractivity contribution in [3.63, 3.8) is 0 Å². The Bertz CT molecular complexity index is 762. The Morgan fingerprint density at radius 2 is 1.89 bits per heavy atom. The van der Waals surface area contributed by atoms with Crippen LogP contribution in [0.4, 0.5) is 18.0 Å². The lowest BCUT2D eigenvalue weighted by atomic mass is 10.0. The Morgan fingerprint density at radius 1 is 1.22 bits per heavy atom. The number of alkyl halides is 3. The van der Waals surface area contributed by atoms with Gasteiger partial charge in [-0.2, -0.15) is 21.6 Å². The number of nitrogens with zero attached hydrogens (tertiary/aromatic N) is 1. The number of halogens is 3. The molecule has 2 amide bonds. The Kier molecular flexibility index (Phi) is 6.62. The molecule has 3 unspecified atom stereocenters. The van der Waals surface area contributed by atoms with Gasteiger partial charge in [0.15, 0.2) is 5.03 Å². The third-order valence-corrected chi connectivity index (χ3v) is 5.35. The number of amides is 2. The molecule has 1 saturated heterocycles. The molecule has 0 aromatic carbocycles. The van der Waals surface area contributed by atoms with Crippen LogP contribution in [0, 0.1) is 0 Å². The molecule has 1 aromatic heterocycles. The largest absolute Gasteiger partial charge is 0.419 e. The summed E-state index contributed by atoms with van der Waals surface area (Å²) in [4.78, 5) is 15.3. The predicted octanol–water partition coefficient (Wildman–Crippen LogP) is -0.0687. The third-order valence-electron chi connectivity index (χ3n) is 4.06. The van der Waals surface area contributed by atoms with Crippen LogP contribution in [0.3, 0.4) is 0 Å². The van der Waals surface area contributed by atoms with E-state index in [0.717, 1.165) is 18.7 Å². The van der Waals surface area contributed by atoms with Gasteiger partial charge in [0.25, 0.3) is 10.0 Å². The number of carbonyl (C=O) groups is 1. The van der Waals surface area contributed by atoms with Crippen molar-refractivity contribution < 1.29 is 26.4 Å². The van der Waals surface area contributed by atoms with Gasteiger partial charge in [0.05, 0.1) is 17.9 Å². The van der Waals surface area contributed by atoms with E-state index in [2.05, 4.69) is 26.3 Å². The summed E-state index contributed by atoms with van der Waals surface area (Å²) >= 11 is 0. The average Bonchev–Trinajstić information content (AvgIpc) is 2.60. The molecule has 13 heteroatoms. The van der Waals surface area contributed by atoms with E-state index in [-0.39, 0.29) is 12.2 Å². The lowest BCUT2D eigenvalue weighted by Crippen LogP contribution is -2.62. The molecule has 152 valence electrons. The summed E-state index contributed by atoms with van der Waals surface area (Å²) in [6, 6.07) is 0.442. The van der Waals surface area contributed by atoms with Crippen molar-refractivity contribution in [3.05, 3.63) is 23.9 Å². The zero-order chi connectivity index (χ0) is 20.2. The topological polar surface area (TPSA) is 124 Å². The molecular weight excluding hydrogens is 389 g/mol. The third kappa shape index (κ3) is 5.51. The van der Waals surface area contributed by atoms with Crippen molar-refractivity contribution in [2.75, 3.05) is 14.1 Å². The molecule has 0 radical (unpaired) electrons. The van der Waals surface area contributed by atoms with Crippen molar-refractivity contribution in [2.24, 2.45) is 0 Å². The van der Waals surface area contributed by atoms with E-state index in [9.17, 15) is 26.4 Å². The highest BCUT2D eigenvalue weighted by atomic mass is 32.2. The molecule has 27 heavy (non-hydrogen) atoms. The molecular formula is C14H21F3N6O3S. The SMILES string of the molecule is CNC1CC(NC)NC(NC(=O)NS(=O)(=O)c2ncccc2C(F)(F)F)C1. The van der Waals surface area contributed by atoms with Crippen LogP contribution in [0.1, 0.15) is 18.4 Å². The predicted molar refractivity (Wildman–Crippen MR) is 89.9 cm³/mol. The zero-order valence-electron chi connectivity index (χ0n) is 14.6. The number of pyridine rings is 1. The van der Waals surface area contributed by atoms with Gasteiger partial charge in [-0.25, -0.2) is 14.5 Å². The van der Waals surface area contributed by atoms with Gasteiger partial charge in [0.1, 0.15) is 0 Å². The van der Waals surface area contributed by atoms with Gasteiger partial charge < -0.3 is 16.0 Å². The molecule has 0 aliphatic carbocycles. The van der Waals surface area contributed by atoms with E-state index >= 15 is 0 Å². The number of hydrogen-bond acceptors (Lipinski definition) is 7. The summed E-state index contributed by atoms with van der Waals surface area (Å²) in [6.07, 6.45) is -3.56. The van der Waals surface area contributed by atoms with Crippen LogP contribution in [0.15, 0.2) is 23.4 Å². The first kappa shape index (κ1) is 21.3. The number of urea groups is 1. The van der Waals surface area contributed by atoms with Gasteiger partial charge in [-0.3, -0.25) is 5.32 Å². The minimum Gasteiger partial charge on any atom is -0.322 e. The van der Waals surface area contributed by atoms with Crippen molar-refractivity contribution in [1.82, 2.24) is 31.0 Å². The molecule has 2 rings (SSSR count). The van der Waals surface area contributed by atoms with E-state index in [1.807, 2.05) is 0 Å². The summed E-state index contributed by atoms with van der Waals surface area (Å²) in [5.74, 6) is 0. The number of rotatable bonds is 5. The van der Waals surface area contributed by atoms with Crippen LogP contribution in [0.25, 0.3) is 0 Å². The number of nitrogens with one attached hydrogen (secondary N) is 5. The van der Waals surface area contributed by atoms with Gasteiger partial charge in [-0.05, 0) is 39.1 Å². The zero-order valence-corrected chi connectivity index (χ0v) is 15.4. The van der Waals surface area contributed by atoms with Crippen LogP contribution < -0.4 is 26.0 Å². The maximum atomic E-state index is 13.0. The van der Waals surface area contributed by atoms with Crippen LogP contribution in [0.5, 0.6) is 0 Å². The van der Waals surface area contributed by atoms with Crippen LogP contribution in [-0.2, 0) is 16.2 Å². The van der Waals surface area contributed by atoms with E-state index < -0.39 is 39.0 Å². The normalized spacial score (nSPS) is 23.7. The summed E-state index contributed by atoms with van der Waals surface area (Å²) in [5, 5.41) is 10.2. The number of hydrogen-bond donors (Lipinski definition) is 5. The smallest absolute Gasteiger partial charge is 0.322 e. The number of sulfonamides is 1. The molecule has 2 heterocycles. The van der Waals surface area contributed by atoms with Crippen molar-refractivity contribution >= 4 is 16.1 Å². The molecule has 0 bridgehead atoms. The lowest BCUT2D eigenvalue weighted by Gasteiger charge is -2.36. The van der Waals surface area contributed by atoms with Crippen molar-refractivity contribution in [2.45, 2.75) is 42.4 Å². The molecule has 5 N–H and O–H groups in total. The maximum absolute atomic E-state index is 13.0. The Balaban J connectivity index is 2.11. The fraction of sp³-hybridized carbons (Fsp3) is 0.571. The maximum Gasteiger partial charge on any atom is 0.419 e. The van der Waals surface area contributed by atoms with Gasteiger partial charge in [-0.15, -0.1) is 0 Å². The highest BCUT2D eigenvalue weighted by Gasteiger charge is 2.39. The van der Waals surface area contributed by atoms with Gasteiger partial charge in [0, 0.05) is 12.2 Å². The fourth-order valence-electron chi connectivity index (χ4n) is 2.76. The fourth-order valence-corrected chi connectivity index (χ4v) is 3.83. The highest BCUT2D eigenvalue weighted by Crippen LogP contribution is 2.32. The van der Waals surface area contributed by atoms with Crippen molar-refractivity contribution in [3.8, 4) is 0 Å². The Labute approximate surface area is 154 Å². The van der Waals surface area contributed by atoms with Gasteiger partial charge >= 0.3 is 12.2 Å². The molecule has 1 aliphatic rings. The number of piperidine rings is 1. The quantitative estimate of drug-likeness (QED) is 0.460. The Morgan fingerprint density at radius 3 is 2.48 bits per heavy atom. The number of carbonyl (C=O) groups excluding carboxylic acids is 1. The van der Waals surface area contributed by atoms with E-state index in [0.29, 0.717) is 12.5 Å². The summed E-state index contributed by atoms with van der Waals surface area (Å²) in [7, 11) is -1.34. The Hall–Kier alpha value is -1.96. The molecule has 0 saturated carbocycles. The molecule has 1 aromatic rings. The summed E-state index contributed by atoms with van der Waals surface area (Å²) in [5.41, 5.74) is -1.45. The second-order valence-electron chi connectivity index (χ2n) is 5.95. The molecule has 0 spiro atoms. The molecule has 9 nitrogen and oxygen atoms in total. The highest BCUT2D eigenvalue weighted by molar-refractivity contribution is 7.90. The van der Waals surface area contributed by atoms with Crippen molar-refractivity contribution in [1.29, 1.82) is 0 Å². The minimum absolute atomic E-state index is 0.0539. The van der Waals surface area contributed by atoms with Crippen LogP contribution in [-0.4, -0.2) is 51.9 Å². The lowest BCUT2D eigenvalue weighted by molar-refractivity contribution is -0.140. The first-order valence-electron chi connectivity index (χ1n) is 8.03. The first-order valence-corrected chi connectivity index (χ1v) is 9.51. The summed E-state index contributed by atoms with van der Waals surface area (Å²) in [6.45, 7) is 0. The van der Waals surface area contributed by atoms with E-state index in [1.54, 1.807) is 18.8 Å². The average molecular weight is 410 g/mol. The first-order chi connectivity index (χ1) is 12.6. The second-order valence-corrected chi connectivity index (χ2v) is 7.55. The standard InChI is InChI=1S/C14H21F3N6O3S/c1-18-8-6-10(19-2)21-11(7-8)22-13(24)23-27(25,26)12-9(14(15,16)17)4-3-5-20-12/h3-5,8,10-11,18-19,21H,6-7H2,1-2H3,(H2,22,23,24). The number of aromatic nitrogens is 1. The second kappa shape index (κ2) is 8.37. The van der Waals surface area contributed by atoms with Gasteiger partial charge in [-0.1, -0.05) is 0 Å². The minimum atomic E-state index is -4.93. The van der Waals surface area contributed by atoms with E-state index in [4.69, 9.17) is 0 Å². The molecule has 1 fully saturated rings.